The first-order chi connectivity index (χ1) is 12.5. The van der Waals surface area contributed by atoms with Crippen molar-refractivity contribution in [1.82, 2.24) is 0 Å². The fourth-order valence-electron chi connectivity index (χ4n) is 2.54. The van der Waals surface area contributed by atoms with Gasteiger partial charge in [-0.3, -0.25) is 6.08 Å². The molecule has 1 atom stereocenters. The number of allylic oxidation sites excluding steroid dienone is 4. The molecule has 4 rings (SSSR count). The molecule has 0 bridgehead atoms. The third-order valence-electron chi connectivity index (χ3n) is 4.75. The fourth-order valence-corrected chi connectivity index (χ4v) is 3.75. The second-order valence-corrected chi connectivity index (χ2v) is 8.66. The van der Waals surface area contributed by atoms with Crippen LogP contribution in [0.2, 0.25) is 0 Å². The number of rotatable bonds is 2. The van der Waals surface area contributed by atoms with Crippen molar-refractivity contribution < 1.29 is 21.7 Å². The van der Waals surface area contributed by atoms with Gasteiger partial charge in [0.15, 0.2) is 0 Å². The van der Waals surface area contributed by atoms with Crippen LogP contribution in [0.15, 0.2) is 77.4 Å². The van der Waals surface area contributed by atoms with Crippen molar-refractivity contribution in [1.29, 1.82) is 0 Å². The molecule has 2 aromatic carbocycles. The van der Waals surface area contributed by atoms with E-state index in [0.717, 1.165) is 12.8 Å². The van der Waals surface area contributed by atoms with Gasteiger partial charge in [-0.05, 0) is 0 Å². The minimum Gasteiger partial charge on any atom is -0.675 e. The Morgan fingerprint density at radius 3 is 1.48 bits per heavy atom. The third kappa shape index (κ3) is 9.03. The van der Waals surface area contributed by atoms with Gasteiger partial charge in [0.05, 0.1) is 0 Å². The Morgan fingerprint density at radius 1 is 0.852 bits per heavy atom. The predicted molar refractivity (Wildman–Crippen MR) is 117 cm³/mol. The summed E-state index contributed by atoms with van der Waals surface area (Å²) in [5, 5.41) is 2.90. The summed E-state index contributed by atoms with van der Waals surface area (Å²) < 4.78 is 0. The van der Waals surface area contributed by atoms with Crippen molar-refractivity contribution in [3.05, 3.63) is 89.2 Å². The van der Waals surface area contributed by atoms with Gasteiger partial charge in [0.25, 0.3) is 0 Å². The largest absolute Gasteiger partial charge is 2.00 e. The Morgan fingerprint density at radius 2 is 1.26 bits per heavy atom. The maximum Gasteiger partial charge on any atom is 2.00 e. The van der Waals surface area contributed by atoms with Gasteiger partial charge in [0.1, 0.15) is 9.52 Å². The van der Waals surface area contributed by atoms with Crippen LogP contribution < -0.4 is 10.4 Å². The molecule has 1 fully saturated rings. The molecule has 27 heavy (non-hydrogen) atoms. The second kappa shape index (κ2) is 12.3. The minimum atomic E-state index is 0. The summed E-state index contributed by atoms with van der Waals surface area (Å²) in [4.78, 5) is 0. The smallest absolute Gasteiger partial charge is 0.675 e. The van der Waals surface area contributed by atoms with Gasteiger partial charge in [-0.25, -0.2) is 5.57 Å². The molecule has 0 aromatic heterocycles. The van der Waals surface area contributed by atoms with Crippen molar-refractivity contribution in [2.45, 2.75) is 46.6 Å². The van der Waals surface area contributed by atoms with Gasteiger partial charge in [-0.2, -0.15) is 11.1 Å². The van der Waals surface area contributed by atoms with Gasteiger partial charge in [0.2, 0.25) is 0 Å². The average molecular weight is 408 g/mol. The van der Waals surface area contributed by atoms with E-state index in [1.807, 2.05) is 0 Å². The molecule has 1 radical (unpaired) electrons. The Kier molecular flexibility index (Phi) is 10.9. The van der Waals surface area contributed by atoms with E-state index in [0.29, 0.717) is 12.0 Å². The van der Waals surface area contributed by atoms with Crippen LogP contribution in [-0.4, -0.2) is 15.6 Å². The SMILES string of the molecule is CC1=[C-]C(C)C(C)=C1C.[NH-]C1CC1.[Ti+2].c1ccc([SiH]c2ccccc2)cc1. The molecule has 2 aliphatic carbocycles. The Balaban J connectivity index is 0.000000226. The molecular formula is C24H30NSiTi. The summed E-state index contributed by atoms with van der Waals surface area (Å²) in [7, 11) is 0.271. The first-order valence-corrected chi connectivity index (χ1v) is 10.6. The monoisotopic (exact) mass is 408 g/mol. The quantitative estimate of drug-likeness (QED) is 0.494. The van der Waals surface area contributed by atoms with Crippen LogP contribution in [0.3, 0.4) is 0 Å². The maximum atomic E-state index is 6.69. The molecule has 2 aliphatic rings. The molecule has 0 spiro atoms. The van der Waals surface area contributed by atoms with E-state index in [1.54, 1.807) is 0 Å². The van der Waals surface area contributed by atoms with Crippen molar-refractivity contribution >= 4 is 19.9 Å². The molecule has 1 N–H and O–H groups in total. The zero-order valence-electron chi connectivity index (χ0n) is 16.9. The first kappa shape index (κ1) is 23.8. The van der Waals surface area contributed by atoms with E-state index < -0.39 is 0 Å². The zero-order chi connectivity index (χ0) is 18.9. The molecule has 0 heterocycles. The summed E-state index contributed by atoms with van der Waals surface area (Å²) in [6, 6.07) is 21.7. The average Bonchev–Trinajstić information content (AvgIpc) is 3.41. The number of hydrogen-bond acceptors (Lipinski definition) is 0. The summed E-state index contributed by atoms with van der Waals surface area (Å²) in [5.41, 5.74) is 10.9. The van der Waals surface area contributed by atoms with Crippen molar-refractivity contribution in [2.75, 3.05) is 0 Å². The zero-order valence-corrected chi connectivity index (χ0v) is 19.6. The van der Waals surface area contributed by atoms with Gasteiger partial charge in [-0.1, -0.05) is 111 Å². The molecule has 1 unspecified atom stereocenters. The van der Waals surface area contributed by atoms with Crippen LogP contribution in [0.1, 0.15) is 40.5 Å². The van der Waals surface area contributed by atoms with Gasteiger partial charge in [0, 0.05) is 0 Å². The fraction of sp³-hybridized carbons (Fsp3) is 0.333. The molecule has 1 nitrogen and oxygen atoms in total. The van der Waals surface area contributed by atoms with Crippen LogP contribution in [0.5, 0.6) is 0 Å². The van der Waals surface area contributed by atoms with Crippen LogP contribution in [0, 0.1) is 12.0 Å². The van der Waals surface area contributed by atoms with E-state index in [2.05, 4.69) is 94.4 Å². The summed E-state index contributed by atoms with van der Waals surface area (Å²) in [5.74, 6) is 0.560. The summed E-state index contributed by atoms with van der Waals surface area (Å²) >= 11 is 0. The standard InChI is InChI=1S/C12H11Si.C9H13.C3H6N.Ti/c1-3-7-11(8-4-1)13-12-9-5-2-6-10-12;1-6-5-7(2)9(4)8(6)3;4-3-1-2-3;/h1-10,13H;6H,1-4H3;3-4H,1-2H2;/q;2*-1;+2. The third-order valence-corrected chi connectivity index (χ3v) is 6.18. The molecule has 139 valence electrons. The summed E-state index contributed by atoms with van der Waals surface area (Å²) in [6.45, 7) is 8.67. The molecule has 0 amide bonds. The molecular weight excluding hydrogens is 378 g/mol. The van der Waals surface area contributed by atoms with Gasteiger partial charge >= 0.3 is 21.7 Å². The van der Waals surface area contributed by atoms with E-state index in [-0.39, 0.29) is 31.2 Å². The van der Waals surface area contributed by atoms with E-state index in [4.69, 9.17) is 5.73 Å². The Hall–Kier alpha value is -1.19. The van der Waals surface area contributed by atoms with Crippen molar-refractivity contribution in [2.24, 2.45) is 5.92 Å². The van der Waals surface area contributed by atoms with Crippen LogP contribution in [-0.2, 0) is 21.7 Å². The van der Waals surface area contributed by atoms with E-state index >= 15 is 0 Å². The van der Waals surface area contributed by atoms with Crippen LogP contribution in [0.4, 0.5) is 0 Å². The topological polar surface area (TPSA) is 23.8 Å². The predicted octanol–water partition coefficient (Wildman–Crippen LogP) is 4.99. The van der Waals surface area contributed by atoms with Crippen LogP contribution in [0.25, 0.3) is 5.73 Å². The molecule has 2 aromatic rings. The number of benzene rings is 2. The van der Waals surface area contributed by atoms with Crippen molar-refractivity contribution in [3.8, 4) is 0 Å². The first-order valence-electron chi connectivity index (χ1n) is 9.41. The Labute approximate surface area is 182 Å². The normalized spacial score (nSPS) is 17.7. The molecule has 0 aliphatic heterocycles. The second-order valence-electron chi connectivity index (χ2n) is 7.04. The molecule has 3 heteroatoms. The van der Waals surface area contributed by atoms with Crippen molar-refractivity contribution in [3.63, 3.8) is 0 Å². The van der Waals surface area contributed by atoms with Gasteiger partial charge in [-0.15, -0.1) is 13.0 Å². The minimum absolute atomic E-state index is 0. The molecule has 1 saturated carbocycles. The number of hydrogen-bond donors (Lipinski definition) is 0. The van der Waals surface area contributed by atoms with E-state index in [1.165, 1.54) is 27.1 Å². The number of nitrogens with one attached hydrogen (secondary N) is 1. The van der Waals surface area contributed by atoms with Crippen LogP contribution >= 0.6 is 0 Å². The Bertz CT molecular complexity index is 696. The molecule has 0 saturated heterocycles. The van der Waals surface area contributed by atoms with Gasteiger partial charge < -0.3 is 5.73 Å². The maximum absolute atomic E-state index is 6.69. The summed E-state index contributed by atoms with van der Waals surface area (Å²) in [6.07, 6.45) is 5.66. The van der Waals surface area contributed by atoms with E-state index in [9.17, 15) is 0 Å².